The highest BCUT2D eigenvalue weighted by Crippen LogP contribution is 2.70. The SMILES string of the molecule is COc1ccc(C(OCC2O[C@@H](n3cnc4c(F)cc(F)cc43)[C@H](O[Si](C)(C)C(C)(C)C)[C@@H]2O[P+](OCCC#N)(C(C)C)C(C)C)(c2ccccc2)c2ccc(OC)cc2)cc1. The van der Waals surface area contributed by atoms with E-state index in [1.54, 1.807) is 18.8 Å². The van der Waals surface area contributed by atoms with Crippen molar-refractivity contribution >= 4 is 27.1 Å². The molecule has 1 saturated heterocycles. The van der Waals surface area contributed by atoms with E-state index in [0.29, 0.717) is 11.5 Å². The van der Waals surface area contributed by atoms with Crippen molar-refractivity contribution in [1.29, 1.82) is 5.26 Å². The summed E-state index contributed by atoms with van der Waals surface area (Å²) in [6, 6.07) is 29.8. The number of halogens is 2. The van der Waals surface area contributed by atoms with Crippen LogP contribution in [-0.2, 0) is 28.5 Å². The van der Waals surface area contributed by atoms with Gasteiger partial charge in [0.2, 0.25) is 0 Å². The molecule has 1 unspecified atom stereocenters. The molecular weight excluding hydrogens is 828 g/mol. The van der Waals surface area contributed by atoms with Crippen LogP contribution in [0.2, 0.25) is 18.1 Å². The van der Waals surface area contributed by atoms with Crippen LogP contribution in [0.15, 0.2) is 97.3 Å². The van der Waals surface area contributed by atoms with Crippen LogP contribution in [0.4, 0.5) is 8.78 Å². The van der Waals surface area contributed by atoms with Gasteiger partial charge >= 0.3 is 0 Å². The molecule has 332 valence electrons. The molecule has 14 heteroatoms. The molecule has 1 aromatic heterocycles. The van der Waals surface area contributed by atoms with Gasteiger partial charge in [0.1, 0.15) is 58.6 Å². The second-order valence-electron chi connectivity index (χ2n) is 17.8. The predicted molar refractivity (Wildman–Crippen MR) is 242 cm³/mol. The molecule has 0 spiro atoms. The first kappa shape index (κ1) is 47.2. The summed E-state index contributed by atoms with van der Waals surface area (Å²) in [6.07, 6.45) is -1.78. The number of methoxy groups -OCH3 is 2. The Kier molecular flexibility index (Phi) is 14.7. The van der Waals surface area contributed by atoms with Crippen molar-refractivity contribution in [2.75, 3.05) is 27.4 Å². The van der Waals surface area contributed by atoms with E-state index >= 15 is 8.78 Å². The molecule has 0 radical (unpaired) electrons. The van der Waals surface area contributed by atoms with Gasteiger partial charge in [0.05, 0.1) is 45.2 Å². The van der Waals surface area contributed by atoms with Gasteiger partial charge in [0, 0.05) is 12.1 Å². The molecule has 6 rings (SSSR count). The number of rotatable bonds is 18. The fraction of sp³-hybridized carbons (Fsp3) is 0.458. The van der Waals surface area contributed by atoms with Gasteiger partial charge in [-0.3, -0.25) is 0 Å². The highest BCUT2D eigenvalue weighted by atomic mass is 31.2. The zero-order chi connectivity index (χ0) is 45.0. The topological polar surface area (TPSA) is 106 Å². The van der Waals surface area contributed by atoms with Crippen LogP contribution in [-0.4, -0.2) is 74.9 Å². The quantitative estimate of drug-likeness (QED) is 0.0368. The van der Waals surface area contributed by atoms with Crippen LogP contribution in [0.5, 0.6) is 11.5 Å². The van der Waals surface area contributed by atoms with E-state index < -0.39 is 57.8 Å². The number of nitrogens with zero attached hydrogens (tertiary/aromatic N) is 3. The number of hydrogen-bond donors (Lipinski definition) is 0. The lowest BCUT2D eigenvalue weighted by atomic mass is 9.80. The second-order valence-corrected chi connectivity index (χ2v) is 26.4. The first-order chi connectivity index (χ1) is 29.4. The Bertz CT molecular complexity index is 2240. The van der Waals surface area contributed by atoms with E-state index in [1.165, 1.54) is 12.4 Å². The van der Waals surface area contributed by atoms with Crippen LogP contribution in [0.25, 0.3) is 11.0 Å². The molecule has 1 aliphatic rings. The average Bonchev–Trinajstić information content (AvgIpc) is 3.81. The third-order valence-corrected chi connectivity index (χ3v) is 20.8. The maximum Gasteiger partial charge on any atom is 0.280 e. The first-order valence-corrected chi connectivity index (χ1v) is 25.8. The number of hydrogen-bond acceptors (Lipinski definition) is 9. The molecule has 1 fully saturated rings. The van der Waals surface area contributed by atoms with E-state index in [1.807, 2.05) is 78.9 Å². The van der Waals surface area contributed by atoms with Crippen LogP contribution in [0, 0.1) is 23.0 Å². The third-order valence-electron chi connectivity index (χ3n) is 12.3. The molecular formula is C48H61F2N3O7PSi+. The molecule has 0 aliphatic carbocycles. The monoisotopic (exact) mass is 888 g/mol. The van der Waals surface area contributed by atoms with E-state index in [-0.39, 0.29) is 47.0 Å². The summed E-state index contributed by atoms with van der Waals surface area (Å²) in [5.41, 5.74) is 1.35. The molecule has 1 aliphatic heterocycles. The van der Waals surface area contributed by atoms with Gasteiger partial charge in [-0.15, -0.1) is 0 Å². The Labute approximate surface area is 367 Å². The first-order valence-electron chi connectivity index (χ1n) is 21.1. The number of ether oxygens (including phenoxy) is 4. The molecule has 0 saturated carbocycles. The van der Waals surface area contributed by atoms with Crippen molar-refractivity contribution in [2.45, 2.75) is 114 Å². The number of fused-ring (bicyclic) bond motifs is 1. The molecule has 2 heterocycles. The molecule has 4 atom stereocenters. The number of aromatic nitrogens is 2. The molecule has 5 aromatic rings. The number of nitriles is 1. The minimum Gasteiger partial charge on any atom is -0.497 e. The van der Waals surface area contributed by atoms with E-state index in [4.69, 9.17) is 32.4 Å². The number of benzene rings is 4. The molecule has 0 bridgehead atoms. The van der Waals surface area contributed by atoms with Crippen molar-refractivity contribution in [3.8, 4) is 17.6 Å². The third kappa shape index (κ3) is 9.34. The molecule has 4 aromatic carbocycles. The Morgan fingerprint density at radius 1 is 0.839 bits per heavy atom. The van der Waals surface area contributed by atoms with Crippen molar-refractivity contribution < 1.29 is 41.2 Å². The van der Waals surface area contributed by atoms with Crippen LogP contribution in [0.1, 0.15) is 77.8 Å². The van der Waals surface area contributed by atoms with Gasteiger partial charge in [-0.25, -0.2) is 18.3 Å². The average molecular weight is 889 g/mol. The normalized spacial score (nSPS) is 18.7. The fourth-order valence-corrected chi connectivity index (χ4v) is 12.6. The van der Waals surface area contributed by atoms with Gasteiger partial charge in [-0.05, 0) is 86.8 Å². The highest BCUT2D eigenvalue weighted by Gasteiger charge is 2.60. The summed E-state index contributed by atoms with van der Waals surface area (Å²) >= 11 is 0. The molecule has 62 heavy (non-hydrogen) atoms. The Balaban J connectivity index is 1.58. The van der Waals surface area contributed by atoms with Crippen molar-refractivity contribution in [3.05, 3.63) is 126 Å². The molecule has 0 amide bonds. The molecule has 10 nitrogen and oxygen atoms in total. The number of imidazole rings is 1. The van der Waals surface area contributed by atoms with Gasteiger partial charge in [0.25, 0.3) is 7.72 Å². The lowest BCUT2D eigenvalue weighted by Gasteiger charge is -2.42. The van der Waals surface area contributed by atoms with Crippen molar-refractivity contribution in [2.24, 2.45) is 0 Å². The summed E-state index contributed by atoms with van der Waals surface area (Å²) in [4.78, 5) is 4.40. The Morgan fingerprint density at radius 3 is 1.92 bits per heavy atom. The zero-order valence-corrected chi connectivity index (χ0v) is 39.6. The standard InChI is InChI=1S/C48H61F2N3O7PSi/c1-32(2)61(33(3)4,57-27-15-26-51)59-44-42(58-46(45(44)60-62(10,11)47(5,6)7)53-31-52-43-40(50)28-37(49)29-41(43)53)30-56-48(34-16-13-12-14-17-34,35-18-22-38(54-8)23-19-35)36-20-24-39(55-9)25-21-36/h12-14,16-25,28-29,31-33,42,44-46H,15,27,30H2,1-11H3/q+1/t42?,44-,45-,46-/m1/s1. The minimum absolute atomic E-state index is 0.00592. The summed E-state index contributed by atoms with van der Waals surface area (Å²) in [5, 5.41) is 9.33. The Hall–Kier alpha value is -4.25. The van der Waals surface area contributed by atoms with Crippen LogP contribution < -0.4 is 9.47 Å². The smallest absolute Gasteiger partial charge is 0.280 e. The van der Waals surface area contributed by atoms with E-state index in [2.05, 4.69) is 72.6 Å². The second kappa shape index (κ2) is 19.2. The van der Waals surface area contributed by atoms with Gasteiger partial charge in [-0.1, -0.05) is 75.4 Å². The largest absolute Gasteiger partial charge is 0.497 e. The summed E-state index contributed by atoms with van der Waals surface area (Å²) in [5.74, 6) is -0.156. The maximum absolute atomic E-state index is 15.3. The maximum atomic E-state index is 15.3. The fourth-order valence-electron chi connectivity index (χ4n) is 7.97. The lowest BCUT2D eigenvalue weighted by molar-refractivity contribution is -0.0924. The summed E-state index contributed by atoms with van der Waals surface area (Å²) in [7, 11) is -2.25. The van der Waals surface area contributed by atoms with Crippen LogP contribution >= 0.6 is 7.72 Å². The van der Waals surface area contributed by atoms with E-state index in [9.17, 15) is 5.26 Å². The van der Waals surface area contributed by atoms with Crippen molar-refractivity contribution in [3.63, 3.8) is 0 Å². The van der Waals surface area contributed by atoms with Gasteiger partial charge < -0.3 is 27.9 Å². The minimum atomic E-state index is -2.85. The van der Waals surface area contributed by atoms with Gasteiger partial charge in [0.15, 0.2) is 26.5 Å². The van der Waals surface area contributed by atoms with Gasteiger partial charge in [-0.2, -0.15) is 9.79 Å². The van der Waals surface area contributed by atoms with Crippen LogP contribution in [0.3, 0.4) is 0 Å². The van der Waals surface area contributed by atoms with E-state index in [0.717, 1.165) is 22.8 Å². The Morgan fingerprint density at radius 2 is 1.40 bits per heavy atom. The molecule has 0 N–H and O–H groups in total. The highest BCUT2D eigenvalue weighted by molar-refractivity contribution is 7.67. The van der Waals surface area contributed by atoms with Crippen molar-refractivity contribution in [1.82, 2.24) is 9.55 Å². The zero-order valence-electron chi connectivity index (χ0n) is 37.7. The predicted octanol–water partition coefficient (Wildman–Crippen LogP) is 11.6. The summed E-state index contributed by atoms with van der Waals surface area (Å²) < 4.78 is 79.5. The lowest BCUT2D eigenvalue weighted by Crippen LogP contribution is -2.50. The summed E-state index contributed by atoms with van der Waals surface area (Å²) in [6.45, 7) is 19.2.